The number of hydrogen-bond acceptors (Lipinski definition) is 3. The van der Waals surface area contributed by atoms with Gasteiger partial charge in [-0.25, -0.2) is 9.59 Å². The third kappa shape index (κ3) is 3.26. The molecule has 0 bridgehead atoms. The molecule has 114 valence electrons. The first-order valence-electron chi connectivity index (χ1n) is 6.94. The van der Waals surface area contributed by atoms with Crippen molar-refractivity contribution in [3.8, 4) is 5.75 Å². The van der Waals surface area contributed by atoms with Crippen molar-refractivity contribution in [3.63, 3.8) is 0 Å². The maximum Gasteiger partial charge on any atom is 0.329 e. The van der Waals surface area contributed by atoms with Gasteiger partial charge in [-0.2, -0.15) is 0 Å². The van der Waals surface area contributed by atoms with Crippen LogP contribution in [0.25, 0.3) is 0 Å². The number of anilines is 1. The molecule has 1 aromatic carbocycles. The van der Waals surface area contributed by atoms with Crippen LogP contribution in [0.1, 0.15) is 31.2 Å². The second-order valence-corrected chi connectivity index (χ2v) is 5.38. The van der Waals surface area contributed by atoms with Gasteiger partial charge in [0.1, 0.15) is 11.3 Å². The summed E-state index contributed by atoms with van der Waals surface area (Å²) in [6.45, 7) is 1.90. The summed E-state index contributed by atoms with van der Waals surface area (Å²) in [7, 11) is 1.52. The summed E-state index contributed by atoms with van der Waals surface area (Å²) < 4.78 is 5.18. The summed E-state index contributed by atoms with van der Waals surface area (Å²) in [5, 5.41) is 14.6. The molecule has 6 heteroatoms. The van der Waals surface area contributed by atoms with Crippen molar-refractivity contribution in [1.82, 2.24) is 5.32 Å². The van der Waals surface area contributed by atoms with Crippen LogP contribution in [0, 0.1) is 6.92 Å². The first-order chi connectivity index (χ1) is 9.97. The van der Waals surface area contributed by atoms with Crippen LogP contribution < -0.4 is 15.4 Å². The molecule has 0 aromatic heterocycles. The lowest BCUT2D eigenvalue weighted by atomic mass is 9.98. The summed E-state index contributed by atoms with van der Waals surface area (Å²) in [5.74, 6) is -0.446. The summed E-state index contributed by atoms with van der Waals surface area (Å²) in [5.41, 5.74) is 0.342. The Morgan fingerprint density at radius 2 is 1.95 bits per heavy atom. The van der Waals surface area contributed by atoms with Crippen LogP contribution in [0.3, 0.4) is 0 Å². The van der Waals surface area contributed by atoms with Crippen molar-refractivity contribution in [2.45, 2.75) is 38.1 Å². The van der Waals surface area contributed by atoms with Crippen LogP contribution in [-0.2, 0) is 4.79 Å². The lowest BCUT2D eigenvalue weighted by Crippen LogP contribution is -2.53. The van der Waals surface area contributed by atoms with Gasteiger partial charge in [0.2, 0.25) is 0 Å². The quantitative estimate of drug-likeness (QED) is 0.795. The molecule has 0 saturated heterocycles. The highest BCUT2D eigenvalue weighted by Crippen LogP contribution is 2.30. The zero-order valence-corrected chi connectivity index (χ0v) is 12.2. The Balaban J connectivity index is 2.11. The van der Waals surface area contributed by atoms with Gasteiger partial charge in [-0.3, -0.25) is 0 Å². The number of methoxy groups -OCH3 is 1. The minimum atomic E-state index is -1.15. The molecule has 0 unspecified atom stereocenters. The average molecular weight is 292 g/mol. The molecule has 1 aliphatic rings. The average Bonchev–Trinajstić information content (AvgIpc) is 2.88. The van der Waals surface area contributed by atoms with Crippen molar-refractivity contribution < 1.29 is 19.4 Å². The van der Waals surface area contributed by atoms with Gasteiger partial charge in [0.25, 0.3) is 0 Å². The molecular weight excluding hydrogens is 272 g/mol. The minimum absolute atomic E-state index is 0.459. The topological polar surface area (TPSA) is 87.7 Å². The van der Waals surface area contributed by atoms with E-state index in [0.29, 0.717) is 24.3 Å². The molecule has 1 aliphatic carbocycles. The lowest BCUT2D eigenvalue weighted by molar-refractivity contribution is -0.144. The highest BCUT2D eigenvalue weighted by molar-refractivity contribution is 5.95. The highest BCUT2D eigenvalue weighted by Gasteiger charge is 2.42. The molecule has 0 aliphatic heterocycles. The number of carbonyl (C=O) groups is 2. The van der Waals surface area contributed by atoms with E-state index in [-0.39, 0.29) is 0 Å². The smallest absolute Gasteiger partial charge is 0.329 e. The van der Waals surface area contributed by atoms with Crippen molar-refractivity contribution in [3.05, 3.63) is 23.8 Å². The number of carboxylic acid groups (broad SMARTS) is 1. The summed E-state index contributed by atoms with van der Waals surface area (Å²) >= 11 is 0. The molecule has 21 heavy (non-hydrogen) atoms. The van der Waals surface area contributed by atoms with E-state index in [1.54, 1.807) is 12.1 Å². The van der Waals surface area contributed by atoms with E-state index in [0.717, 1.165) is 18.4 Å². The molecular formula is C15H20N2O4. The van der Waals surface area contributed by atoms with Gasteiger partial charge in [0.15, 0.2) is 0 Å². The van der Waals surface area contributed by atoms with E-state index in [1.807, 2.05) is 13.0 Å². The predicted molar refractivity (Wildman–Crippen MR) is 78.7 cm³/mol. The van der Waals surface area contributed by atoms with E-state index < -0.39 is 17.5 Å². The minimum Gasteiger partial charge on any atom is -0.495 e. The fourth-order valence-corrected chi connectivity index (χ4v) is 2.66. The largest absolute Gasteiger partial charge is 0.495 e. The van der Waals surface area contributed by atoms with Crippen LogP contribution in [0.4, 0.5) is 10.5 Å². The van der Waals surface area contributed by atoms with Gasteiger partial charge in [-0.05, 0) is 37.5 Å². The maximum atomic E-state index is 12.1. The third-order valence-corrected chi connectivity index (χ3v) is 3.82. The van der Waals surface area contributed by atoms with Crippen LogP contribution in [0.15, 0.2) is 18.2 Å². The van der Waals surface area contributed by atoms with Gasteiger partial charge in [0.05, 0.1) is 12.8 Å². The first-order valence-corrected chi connectivity index (χ1v) is 6.94. The second kappa shape index (κ2) is 6.03. The number of carbonyl (C=O) groups excluding carboxylic acids is 1. The number of hydrogen-bond donors (Lipinski definition) is 3. The predicted octanol–water partition coefficient (Wildman–Crippen LogP) is 2.52. The number of aryl methyl sites for hydroxylation is 1. The molecule has 1 aromatic rings. The first kappa shape index (κ1) is 15.2. The van der Waals surface area contributed by atoms with E-state index in [9.17, 15) is 14.7 Å². The molecule has 6 nitrogen and oxygen atoms in total. The Hall–Kier alpha value is -2.24. The molecule has 0 atom stereocenters. The van der Waals surface area contributed by atoms with E-state index in [2.05, 4.69) is 10.6 Å². The molecule has 2 amide bonds. The Kier molecular flexibility index (Phi) is 4.35. The number of amides is 2. The number of aliphatic carboxylic acids is 1. The van der Waals surface area contributed by atoms with Gasteiger partial charge >= 0.3 is 12.0 Å². The summed E-state index contributed by atoms with van der Waals surface area (Å²) in [6.07, 6.45) is 2.53. The van der Waals surface area contributed by atoms with Gasteiger partial charge in [-0.15, -0.1) is 0 Å². The Morgan fingerprint density at radius 3 is 2.52 bits per heavy atom. The zero-order valence-electron chi connectivity index (χ0n) is 12.2. The standard InChI is InChI=1S/C15H20N2O4/c1-10-5-6-12(21-2)11(9-10)16-14(20)17-15(13(18)19)7-3-4-8-15/h5-6,9H,3-4,7-8H2,1-2H3,(H,18,19)(H2,16,17,20). The second-order valence-electron chi connectivity index (χ2n) is 5.38. The molecule has 3 N–H and O–H groups in total. The van der Waals surface area contributed by atoms with E-state index in [1.165, 1.54) is 7.11 Å². The number of benzene rings is 1. The summed E-state index contributed by atoms with van der Waals surface area (Å²) in [4.78, 5) is 23.5. The number of ether oxygens (including phenoxy) is 1. The Labute approximate surface area is 123 Å². The highest BCUT2D eigenvalue weighted by atomic mass is 16.5. The van der Waals surface area contributed by atoms with E-state index in [4.69, 9.17) is 4.74 Å². The van der Waals surface area contributed by atoms with Crippen molar-refractivity contribution >= 4 is 17.7 Å². The van der Waals surface area contributed by atoms with Gasteiger partial charge in [-0.1, -0.05) is 18.9 Å². The van der Waals surface area contributed by atoms with Gasteiger partial charge in [0, 0.05) is 0 Å². The van der Waals surface area contributed by atoms with E-state index >= 15 is 0 Å². The van der Waals surface area contributed by atoms with Crippen LogP contribution in [-0.4, -0.2) is 29.8 Å². The monoisotopic (exact) mass is 292 g/mol. The van der Waals surface area contributed by atoms with Crippen molar-refractivity contribution in [1.29, 1.82) is 0 Å². The third-order valence-electron chi connectivity index (χ3n) is 3.82. The normalized spacial score (nSPS) is 16.3. The molecule has 2 rings (SSSR count). The van der Waals surface area contributed by atoms with Crippen molar-refractivity contribution in [2.75, 3.05) is 12.4 Å². The zero-order chi connectivity index (χ0) is 15.5. The fraction of sp³-hybridized carbons (Fsp3) is 0.467. The molecule has 0 radical (unpaired) electrons. The van der Waals surface area contributed by atoms with Crippen LogP contribution in [0.5, 0.6) is 5.75 Å². The lowest BCUT2D eigenvalue weighted by Gasteiger charge is -2.25. The Bertz CT molecular complexity index is 551. The SMILES string of the molecule is COc1ccc(C)cc1NC(=O)NC1(C(=O)O)CCCC1. The number of urea groups is 1. The van der Waals surface area contributed by atoms with Crippen LogP contribution in [0.2, 0.25) is 0 Å². The molecule has 0 spiro atoms. The number of carboxylic acids is 1. The van der Waals surface area contributed by atoms with Gasteiger partial charge < -0.3 is 20.5 Å². The number of nitrogens with one attached hydrogen (secondary N) is 2. The number of rotatable bonds is 4. The summed E-state index contributed by atoms with van der Waals surface area (Å²) in [6, 6.07) is 4.88. The molecule has 0 heterocycles. The fourth-order valence-electron chi connectivity index (χ4n) is 2.66. The van der Waals surface area contributed by atoms with Crippen LogP contribution >= 0.6 is 0 Å². The van der Waals surface area contributed by atoms with Crippen molar-refractivity contribution in [2.24, 2.45) is 0 Å². The molecule has 1 fully saturated rings. The maximum absolute atomic E-state index is 12.1. The molecule has 1 saturated carbocycles. The Morgan fingerprint density at radius 1 is 1.29 bits per heavy atom.